The van der Waals surface area contributed by atoms with E-state index in [2.05, 4.69) is 15.0 Å². The number of anilines is 1. The Bertz CT molecular complexity index is 1530. The van der Waals surface area contributed by atoms with Gasteiger partial charge in [0.25, 0.3) is 11.5 Å². The Balaban J connectivity index is 1.60. The highest BCUT2D eigenvalue weighted by Crippen LogP contribution is 2.41. The lowest BCUT2D eigenvalue weighted by molar-refractivity contribution is -0.745. The van der Waals surface area contributed by atoms with Gasteiger partial charge >= 0.3 is 19.4 Å². The quantitative estimate of drug-likeness (QED) is 0.0677. The largest absolute Gasteiger partial charge is 0.480 e. The molecule has 17 heteroatoms. The van der Waals surface area contributed by atoms with Crippen molar-refractivity contribution in [3.63, 3.8) is 0 Å². The van der Waals surface area contributed by atoms with Crippen molar-refractivity contribution < 1.29 is 47.5 Å². The number of Topliss-reactive ketones (excluding diaryl/α,β-unsaturated/α-hetero) is 1. The molecular formula is C25H34N6O10P+. The molecule has 0 bridgehead atoms. The molecule has 1 fully saturated rings. The predicted molar refractivity (Wildman–Crippen MR) is 146 cm³/mol. The van der Waals surface area contributed by atoms with E-state index in [1.165, 1.54) is 35.2 Å². The third-order valence-corrected chi connectivity index (χ3v) is 7.29. The summed E-state index contributed by atoms with van der Waals surface area (Å²) in [4.78, 5) is 56.9. The van der Waals surface area contributed by atoms with Crippen LogP contribution in [0.3, 0.4) is 0 Å². The first-order valence-corrected chi connectivity index (χ1v) is 14.7. The van der Waals surface area contributed by atoms with Crippen LogP contribution in [0.4, 0.5) is 5.95 Å². The summed E-state index contributed by atoms with van der Waals surface area (Å²) in [7, 11) is -4.88. The van der Waals surface area contributed by atoms with E-state index in [1.807, 2.05) is 5.09 Å². The minimum Gasteiger partial charge on any atom is -0.480 e. The van der Waals surface area contributed by atoms with Crippen LogP contribution >= 0.6 is 7.75 Å². The van der Waals surface area contributed by atoms with Gasteiger partial charge in [0, 0.05) is 5.56 Å². The number of carbonyl (C=O) groups excluding carboxylic acids is 1. The monoisotopic (exact) mass is 609 g/mol. The summed E-state index contributed by atoms with van der Waals surface area (Å²) < 4.78 is 38.2. The highest BCUT2D eigenvalue weighted by Gasteiger charge is 2.51. The van der Waals surface area contributed by atoms with Crippen LogP contribution in [0.1, 0.15) is 44.3 Å². The molecule has 6 atom stereocenters. The van der Waals surface area contributed by atoms with Gasteiger partial charge in [0.05, 0.1) is 18.8 Å². The Hall–Kier alpha value is -3.50. The van der Waals surface area contributed by atoms with Crippen LogP contribution in [-0.4, -0.2) is 79.9 Å². The molecule has 42 heavy (non-hydrogen) atoms. The Labute approximate surface area is 239 Å². The average Bonchev–Trinajstić information content (AvgIpc) is 3.47. The van der Waals surface area contributed by atoms with Crippen molar-refractivity contribution in [2.45, 2.75) is 70.5 Å². The van der Waals surface area contributed by atoms with Gasteiger partial charge in [0.15, 0.2) is 18.2 Å². The molecule has 1 aliphatic rings. The van der Waals surface area contributed by atoms with Crippen molar-refractivity contribution >= 4 is 36.6 Å². The maximum Gasteiger partial charge on any atom is 0.404 e. The fraction of sp³-hybridized carbons (Fsp3) is 0.480. The smallest absolute Gasteiger partial charge is 0.404 e. The summed E-state index contributed by atoms with van der Waals surface area (Å²) >= 11 is 0. The number of nitrogens with zero attached hydrogens (tertiary/aromatic N) is 2. The number of aromatic nitrogens is 4. The maximum absolute atomic E-state index is 13.0. The lowest BCUT2D eigenvalue weighted by Gasteiger charge is -2.27. The number of H-pyrrole nitrogens is 2. The number of ketones is 1. The molecule has 228 valence electrons. The summed E-state index contributed by atoms with van der Waals surface area (Å²) in [5, 5.41) is 11.5. The standard InChI is InChI=1S/C25H33N6O10P/c1-12(2)39-19-15(10-38-42(36,37)30-16(24(34)35)18(32)14-8-6-5-7-9-14)41-23(20(19)40-13(3)4)31-11-27-17-21(31)28-25(26)29-22(17)33/h5-9,11-13,15-16,19-20,23H,10H2,1-4H3,(H6,26,28,29,30,33,34,35,36,37)/p+1/t15-,16?,19+,20?,23-/m1/s1. The summed E-state index contributed by atoms with van der Waals surface area (Å²) in [6.45, 7) is 6.61. The number of carboxylic acids is 1. The van der Waals surface area contributed by atoms with Gasteiger partial charge in [-0.25, -0.2) is 14.2 Å². The zero-order valence-electron chi connectivity index (χ0n) is 23.3. The van der Waals surface area contributed by atoms with E-state index in [-0.39, 0.29) is 34.9 Å². The lowest BCUT2D eigenvalue weighted by atomic mass is 10.1. The fourth-order valence-corrected chi connectivity index (χ4v) is 5.54. The number of benzene rings is 1. The van der Waals surface area contributed by atoms with Crippen molar-refractivity contribution in [3.8, 4) is 0 Å². The molecule has 1 aliphatic heterocycles. The number of fused-ring (bicyclic) bond motifs is 1. The van der Waals surface area contributed by atoms with E-state index < -0.39 is 62.2 Å². The highest BCUT2D eigenvalue weighted by atomic mass is 31.2. The molecule has 3 unspecified atom stereocenters. The Kier molecular flexibility index (Phi) is 9.57. The number of nitrogens with two attached hydrogens (primary N) is 1. The molecule has 0 radical (unpaired) electrons. The van der Waals surface area contributed by atoms with Gasteiger partial charge in [-0.05, 0) is 27.7 Å². The molecule has 0 spiro atoms. The summed E-state index contributed by atoms with van der Waals surface area (Å²) in [5.41, 5.74) is 5.58. The van der Waals surface area contributed by atoms with Crippen LogP contribution in [-0.2, 0) is 28.1 Å². The molecule has 7 N–H and O–H groups in total. The van der Waals surface area contributed by atoms with E-state index in [0.717, 1.165) is 0 Å². The van der Waals surface area contributed by atoms with Crippen molar-refractivity contribution in [2.75, 3.05) is 12.3 Å². The second-order valence-corrected chi connectivity index (χ2v) is 11.7. The van der Waals surface area contributed by atoms with E-state index in [0.29, 0.717) is 0 Å². The second-order valence-electron chi connectivity index (χ2n) is 10.1. The summed E-state index contributed by atoms with van der Waals surface area (Å²) in [6.07, 6.45) is -2.83. The third kappa shape index (κ3) is 7.10. The third-order valence-electron chi connectivity index (χ3n) is 6.20. The van der Waals surface area contributed by atoms with Crippen LogP contribution in [0.5, 0.6) is 0 Å². The molecule has 1 aromatic carbocycles. The zero-order valence-corrected chi connectivity index (χ0v) is 24.2. The topological polar surface area (TPSA) is 232 Å². The zero-order chi connectivity index (χ0) is 30.8. The molecule has 4 rings (SSSR count). The number of aliphatic carboxylic acids is 1. The molecule has 2 aromatic heterocycles. The minimum atomic E-state index is -4.88. The van der Waals surface area contributed by atoms with Gasteiger partial charge in [-0.1, -0.05) is 35.3 Å². The lowest BCUT2D eigenvalue weighted by Crippen LogP contribution is -2.48. The van der Waals surface area contributed by atoms with Crippen LogP contribution in [0.15, 0.2) is 41.5 Å². The first-order chi connectivity index (χ1) is 19.8. The molecular weight excluding hydrogens is 575 g/mol. The van der Waals surface area contributed by atoms with E-state index in [4.69, 9.17) is 24.5 Å². The Morgan fingerprint density at radius 3 is 2.43 bits per heavy atom. The summed E-state index contributed by atoms with van der Waals surface area (Å²) in [5.74, 6) is -2.72. The van der Waals surface area contributed by atoms with Crippen LogP contribution < -0.4 is 20.9 Å². The number of rotatable bonds is 13. The van der Waals surface area contributed by atoms with Gasteiger partial charge < -0.3 is 29.9 Å². The second kappa shape index (κ2) is 12.8. The van der Waals surface area contributed by atoms with Crippen molar-refractivity contribution in [3.05, 3.63) is 52.6 Å². The average molecular weight is 610 g/mol. The van der Waals surface area contributed by atoms with Crippen LogP contribution in [0.25, 0.3) is 11.2 Å². The highest BCUT2D eigenvalue weighted by molar-refractivity contribution is 7.50. The molecule has 3 heterocycles. The predicted octanol–water partition coefficient (Wildman–Crippen LogP) is 0.648. The van der Waals surface area contributed by atoms with Crippen molar-refractivity contribution in [2.24, 2.45) is 0 Å². The van der Waals surface area contributed by atoms with E-state index in [9.17, 15) is 28.9 Å². The van der Waals surface area contributed by atoms with Gasteiger partial charge in [-0.3, -0.25) is 28.9 Å². The number of ether oxygens (including phenoxy) is 3. The van der Waals surface area contributed by atoms with Crippen molar-refractivity contribution in [1.82, 2.24) is 20.0 Å². The Morgan fingerprint density at radius 2 is 1.81 bits per heavy atom. The Morgan fingerprint density at radius 1 is 1.17 bits per heavy atom. The number of carbonyl (C=O) groups is 2. The molecule has 1 saturated heterocycles. The van der Waals surface area contributed by atoms with Gasteiger partial charge in [-0.15, -0.1) is 0 Å². The molecule has 0 aliphatic carbocycles. The number of hydrogen-bond donors (Lipinski definition) is 6. The van der Waals surface area contributed by atoms with Crippen LogP contribution in [0, 0.1) is 0 Å². The summed E-state index contributed by atoms with van der Waals surface area (Å²) in [6, 6.07) is 5.42. The molecule has 16 nitrogen and oxygen atoms in total. The van der Waals surface area contributed by atoms with Gasteiger partial charge in [-0.2, -0.15) is 0 Å². The number of carboxylic acid groups (broad SMARTS) is 1. The normalized spacial score (nSPS) is 22.9. The van der Waals surface area contributed by atoms with E-state index in [1.54, 1.807) is 33.8 Å². The van der Waals surface area contributed by atoms with Crippen molar-refractivity contribution in [1.29, 1.82) is 0 Å². The number of nitrogen functional groups attached to an aromatic ring is 1. The first kappa shape index (κ1) is 31.4. The number of hydrogen-bond acceptors (Lipinski definition) is 10. The molecule has 0 amide bonds. The SMILES string of the molecule is CC(C)OC1[C@@H](OC(C)C)[C@@H](COP(=O)(O)NC(C(=O)O)C(=O)c2ccccc2)O[C@H]1[n+]1c[nH]c2c(=O)[nH]c(N)nc21. The van der Waals surface area contributed by atoms with Crippen LogP contribution in [0.2, 0.25) is 0 Å². The maximum atomic E-state index is 13.0. The minimum absolute atomic E-state index is 0.0299. The first-order valence-electron chi connectivity index (χ1n) is 13.1. The molecule has 0 saturated carbocycles. The number of aromatic amines is 2. The number of imidazole rings is 1. The van der Waals surface area contributed by atoms with E-state index >= 15 is 0 Å². The van der Waals surface area contributed by atoms with Gasteiger partial charge in [0.2, 0.25) is 11.7 Å². The fourth-order valence-electron chi connectivity index (χ4n) is 4.56. The number of nitrogens with one attached hydrogen (secondary N) is 3. The molecule has 3 aromatic rings. The van der Waals surface area contributed by atoms with Gasteiger partial charge in [0.1, 0.15) is 18.3 Å².